The first-order valence-corrected chi connectivity index (χ1v) is 20.6. The molecule has 5 aromatic carbocycles. The predicted molar refractivity (Wildman–Crippen MR) is 222 cm³/mol. The van der Waals surface area contributed by atoms with E-state index in [4.69, 9.17) is 4.55 Å². The first-order chi connectivity index (χ1) is 29.3. The first kappa shape index (κ1) is 45.4. The van der Waals surface area contributed by atoms with Gasteiger partial charge in [-0.3, -0.25) is 14.1 Å². The number of carbonyl (C=O) groups is 3. The van der Waals surface area contributed by atoms with E-state index in [0.29, 0.717) is 5.69 Å². The molecular formula is C38H34N10O12S2. The molecule has 320 valence electrons. The Labute approximate surface area is 352 Å². The maximum atomic E-state index is 12.5. The molecule has 0 aliphatic carbocycles. The fraction of sp³-hybridized carbons (Fsp3) is 0.132. The lowest BCUT2D eigenvalue weighted by Gasteiger charge is -2.09. The molecule has 2 amide bonds. The quantitative estimate of drug-likeness (QED) is 0.0399. The molecule has 5 rings (SSSR count). The van der Waals surface area contributed by atoms with Crippen LogP contribution < -0.4 is 10.6 Å². The lowest BCUT2D eigenvalue weighted by Crippen LogP contribution is -2.15. The van der Waals surface area contributed by atoms with Gasteiger partial charge in [-0.2, -0.15) is 28.9 Å². The normalized spacial score (nSPS) is 12.1. The van der Waals surface area contributed by atoms with Crippen molar-refractivity contribution < 1.29 is 55.3 Å². The number of nitrogens with zero attached hydrogens (tertiary/aromatic N) is 8. The zero-order chi connectivity index (χ0) is 45.2. The molecule has 62 heavy (non-hydrogen) atoms. The van der Waals surface area contributed by atoms with E-state index >= 15 is 0 Å². The molecule has 0 spiro atoms. The summed E-state index contributed by atoms with van der Waals surface area (Å²) in [6.07, 6.45) is 0. The zero-order valence-corrected chi connectivity index (χ0v) is 34.2. The van der Waals surface area contributed by atoms with Gasteiger partial charge in [0.1, 0.15) is 22.8 Å². The van der Waals surface area contributed by atoms with E-state index in [0.717, 1.165) is 11.6 Å². The molecule has 0 aliphatic rings. The Hall–Kier alpha value is -7.67. The molecule has 0 atom stereocenters. The summed E-state index contributed by atoms with van der Waals surface area (Å²) in [6.45, 7) is 3.62. The summed E-state index contributed by atoms with van der Waals surface area (Å²) in [4.78, 5) is 35.9. The average Bonchev–Trinajstić information content (AvgIpc) is 3.19. The summed E-state index contributed by atoms with van der Waals surface area (Å²) in [5.74, 6) is -4.94. The summed E-state index contributed by atoms with van der Waals surface area (Å²) >= 11 is 0. The van der Waals surface area contributed by atoms with Crippen LogP contribution in [0.5, 0.6) is 11.5 Å². The number of phenols is 2. The topological polar surface area (TPSA) is 333 Å². The van der Waals surface area contributed by atoms with Crippen LogP contribution in [0.2, 0.25) is 0 Å². The molecule has 0 saturated heterocycles. The second-order valence-electron chi connectivity index (χ2n) is 12.8. The molecule has 5 aromatic rings. The van der Waals surface area contributed by atoms with Crippen LogP contribution in [0, 0.1) is 6.92 Å². The van der Waals surface area contributed by atoms with E-state index < -0.39 is 78.8 Å². The summed E-state index contributed by atoms with van der Waals surface area (Å²) in [5, 5.41) is 69.2. The fourth-order valence-electron chi connectivity index (χ4n) is 5.06. The molecule has 0 aromatic heterocycles. The zero-order valence-electron chi connectivity index (χ0n) is 32.5. The number of phenolic OH excluding ortho intramolecular Hbond substituents is 2. The molecular weight excluding hydrogens is 853 g/mol. The second-order valence-corrected chi connectivity index (χ2v) is 16.0. The fourth-order valence-corrected chi connectivity index (χ4v) is 6.55. The van der Waals surface area contributed by atoms with Crippen LogP contribution >= 0.6 is 0 Å². The lowest BCUT2D eigenvalue weighted by atomic mass is 10.1. The third kappa shape index (κ3) is 12.7. The van der Waals surface area contributed by atoms with Crippen molar-refractivity contribution in [3.8, 4) is 11.5 Å². The Kier molecular flexibility index (Phi) is 14.4. The van der Waals surface area contributed by atoms with Gasteiger partial charge in [0.2, 0.25) is 11.8 Å². The van der Waals surface area contributed by atoms with Crippen molar-refractivity contribution in [3.05, 3.63) is 102 Å². The monoisotopic (exact) mass is 886 g/mol. The highest BCUT2D eigenvalue weighted by Crippen LogP contribution is 2.47. The number of nitrogens with one attached hydrogen (secondary N) is 2. The van der Waals surface area contributed by atoms with Gasteiger partial charge in [0, 0.05) is 13.8 Å². The van der Waals surface area contributed by atoms with Gasteiger partial charge in [-0.1, -0.05) is 17.7 Å². The Balaban J connectivity index is 1.40. The molecule has 6 N–H and O–H groups in total. The van der Waals surface area contributed by atoms with Crippen LogP contribution in [0.3, 0.4) is 0 Å². The Morgan fingerprint density at radius 3 is 1.53 bits per heavy atom. The molecule has 22 nitrogen and oxygen atoms in total. The van der Waals surface area contributed by atoms with Gasteiger partial charge >= 0.3 is 16.4 Å². The van der Waals surface area contributed by atoms with E-state index in [1.165, 1.54) is 74.5 Å². The molecule has 0 saturated carbocycles. The Bertz CT molecular complexity index is 2890. The second kappa shape index (κ2) is 19.6. The predicted octanol–water partition coefficient (Wildman–Crippen LogP) is 9.28. The lowest BCUT2D eigenvalue weighted by molar-refractivity contribution is -0.115. The average molecular weight is 887 g/mol. The van der Waals surface area contributed by atoms with E-state index in [1.54, 1.807) is 12.1 Å². The molecule has 24 heteroatoms. The van der Waals surface area contributed by atoms with Gasteiger partial charge in [0.25, 0.3) is 0 Å². The number of aromatic hydroxyl groups is 2. The van der Waals surface area contributed by atoms with Crippen LogP contribution in [-0.2, 0) is 34.0 Å². The number of carboxylic acids is 1. The van der Waals surface area contributed by atoms with Gasteiger partial charge in [-0.25, -0.2) is 17.4 Å². The van der Waals surface area contributed by atoms with Crippen LogP contribution in [0.4, 0.5) is 56.9 Å². The summed E-state index contributed by atoms with van der Waals surface area (Å²) in [6, 6.07) is 21.4. The third-order valence-electron chi connectivity index (χ3n) is 7.93. The van der Waals surface area contributed by atoms with Gasteiger partial charge < -0.3 is 26.0 Å². The van der Waals surface area contributed by atoms with Crippen molar-refractivity contribution in [2.75, 3.05) is 23.0 Å². The molecule has 0 fully saturated rings. The van der Waals surface area contributed by atoms with Crippen molar-refractivity contribution in [1.29, 1.82) is 0 Å². The molecule has 0 heterocycles. The molecule has 0 bridgehead atoms. The summed E-state index contributed by atoms with van der Waals surface area (Å²) in [5.41, 5.74) is 0.771. The summed E-state index contributed by atoms with van der Waals surface area (Å²) in [7, 11) is -8.80. The van der Waals surface area contributed by atoms with E-state index in [1.807, 2.05) is 19.1 Å². The maximum absolute atomic E-state index is 12.5. The van der Waals surface area contributed by atoms with E-state index in [2.05, 4.69) is 55.7 Å². The highest BCUT2D eigenvalue weighted by Gasteiger charge is 2.23. The Morgan fingerprint density at radius 2 is 1.06 bits per heavy atom. The number of hydrogen-bond donors (Lipinski definition) is 6. The number of azo groups is 4. The van der Waals surface area contributed by atoms with Crippen molar-refractivity contribution >= 4 is 94.9 Å². The van der Waals surface area contributed by atoms with Crippen molar-refractivity contribution in [3.63, 3.8) is 0 Å². The number of rotatable bonds is 16. The number of benzene rings is 5. The van der Waals surface area contributed by atoms with Crippen molar-refractivity contribution in [2.45, 2.75) is 25.7 Å². The van der Waals surface area contributed by atoms with Crippen LogP contribution in [0.25, 0.3) is 0 Å². The van der Waals surface area contributed by atoms with Gasteiger partial charge in [-0.05, 0) is 85.8 Å². The van der Waals surface area contributed by atoms with Crippen molar-refractivity contribution in [2.24, 2.45) is 40.9 Å². The molecule has 0 aliphatic heterocycles. The number of amides is 2. The highest BCUT2D eigenvalue weighted by molar-refractivity contribution is 7.91. The number of carbonyl (C=O) groups excluding carboxylic acids is 2. The standard InChI is InChI=1S/C38H34N10O12S2/c1-21-4-6-24(7-5-21)41-45-30-14-10-26(18-32(30)39-22(2)49)43-47-35-29(38(53)54)20-34(51)36(37(35)52)48-44-27-11-15-31(33(19-27)40-23(3)50)46-42-25-8-12-28(13-9-25)61(55,56)17-16-60-62(57,58)59/h4-15,18-20,51-52H,16-17H2,1-3H3,(H,39,49)(H,40,50)(H,53,54)(H,57,58,59). The van der Waals surface area contributed by atoms with Crippen molar-refractivity contribution in [1.82, 2.24) is 0 Å². The number of carboxylic acid groups (broad SMARTS) is 1. The van der Waals surface area contributed by atoms with E-state index in [-0.39, 0.29) is 44.7 Å². The highest BCUT2D eigenvalue weighted by atomic mass is 32.3. The number of aryl methyl sites for hydroxylation is 1. The maximum Gasteiger partial charge on any atom is 0.397 e. The van der Waals surface area contributed by atoms with Crippen LogP contribution in [0.15, 0.2) is 137 Å². The smallest absolute Gasteiger partial charge is 0.397 e. The minimum Gasteiger partial charge on any atom is -0.505 e. The number of anilines is 2. The molecule has 0 radical (unpaired) electrons. The minimum absolute atomic E-state index is 0.0506. The largest absolute Gasteiger partial charge is 0.505 e. The number of sulfone groups is 1. The molecule has 0 unspecified atom stereocenters. The van der Waals surface area contributed by atoms with E-state index in [9.17, 15) is 46.5 Å². The number of hydrogen-bond acceptors (Lipinski definition) is 18. The van der Waals surface area contributed by atoms with Gasteiger partial charge in [-0.15, -0.1) is 20.5 Å². The summed E-state index contributed by atoms with van der Waals surface area (Å²) < 4.78 is 59.1. The number of aromatic carboxylic acids is 1. The van der Waals surface area contributed by atoms with Crippen LogP contribution in [-0.4, -0.2) is 66.9 Å². The third-order valence-corrected chi connectivity index (χ3v) is 10.1. The van der Waals surface area contributed by atoms with Gasteiger partial charge in [0.15, 0.2) is 21.3 Å². The van der Waals surface area contributed by atoms with Crippen LogP contribution in [0.1, 0.15) is 29.8 Å². The minimum atomic E-state index is -4.82. The van der Waals surface area contributed by atoms with Gasteiger partial charge in [0.05, 0.1) is 56.9 Å². The first-order valence-electron chi connectivity index (χ1n) is 17.6. The Morgan fingerprint density at radius 1 is 0.613 bits per heavy atom. The SMILES string of the molecule is CC(=O)Nc1cc(N=Nc2c(O)cc(C(=O)O)c(N=Nc3ccc(N=Nc4ccc(C)cc4)c(NC(C)=O)c3)c2O)ccc1N=Nc1ccc(S(=O)(=O)CCOS(=O)(=O)O)cc1.